The lowest BCUT2D eigenvalue weighted by atomic mass is 9.41. The van der Waals surface area contributed by atoms with Gasteiger partial charge in [-0.2, -0.15) is 0 Å². The van der Waals surface area contributed by atoms with E-state index in [9.17, 15) is 50.4 Å². The van der Waals surface area contributed by atoms with Crippen LogP contribution in [0, 0.1) is 44.8 Å². The second-order valence-electron chi connectivity index (χ2n) is 24.6. The molecule has 19 heteroatoms. The molecule has 4 heterocycles. The Hall–Kier alpha value is -1.66. The van der Waals surface area contributed by atoms with Crippen LogP contribution < -0.4 is 0 Å². The van der Waals surface area contributed by atoms with Crippen LogP contribution in [0.5, 0.6) is 0 Å². The van der Waals surface area contributed by atoms with E-state index in [1.54, 1.807) is 13.8 Å². The number of hydrogen-bond donors (Lipinski definition) is 8. The van der Waals surface area contributed by atoms with Gasteiger partial charge in [-0.15, -0.1) is 0 Å². The van der Waals surface area contributed by atoms with Crippen molar-refractivity contribution < 1.29 is 93.1 Å². The van der Waals surface area contributed by atoms with Gasteiger partial charge in [0, 0.05) is 19.8 Å². The number of ether oxygens (including phenoxy) is 9. The lowest BCUT2D eigenvalue weighted by Gasteiger charge is -2.65. The van der Waals surface area contributed by atoms with Crippen molar-refractivity contribution in [2.45, 2.75) is 243 Å². The van der Waals surface area contributed by atoms with Crippen LogP contribution in [0.1, 0.15) is 127 Å². The number of aliphatic hydroxyl groups excluding tert-OH is 7. The lowest BCUT2D eigenvalue weighted by molar-refractivity contribution is -0.366. The molecule has 5 saturated carbocycles. The largest absolute Gasteiger partial charge is 0.456 e. The van der Waals surface area contributed by atoms with Crippen molar-refractivity contribution in [1.82, 2.24) is 0 Å². The maximum atomic E-state index is 12.7. The van der Waals surface area contributed by atoms with Gasteiger partial charge in [-0.25, -0.2) is 0 Å². The van der Waals surface area contributed by atoms with E-state index >= 15 is 0 Å². The minimum atomic E-state index is -1.74. The first-order chi connectivity index (χ1) is 32.0. The van der Waals surface area contributed by atoms with Gasteiger partial charge in [-0.05, 0) is 124 Å². The molecule has 8 N–H and O–H groups in total. The number of rotatable bonds is 10. The van der Waals surface area contributed by atoms with Crippen LogP contribution in [-0.4, -0.2) is 182 Å². The highest BCUT2D eigenvalue weighted by Crippen LogP contribution is 2.89. The minimum Gasteiger partial charge on any atom is -0.456 e. The Balaban J connectivity index is 1.05. The summed E-state index contributed by atoms with van der Waals surface area (Å²) in [6, 6.07) is 0. The molecule has 69 heavy (non-hydrogen) atoms. The zero-order valence-corrected chi connectivity index (χ0v) is 41.9. The Morgan fingerprint density at radius 1 is 0.638 bits per heavy atom. The molecule has 0 aromatic rings. The van der Waals surface area contributed by atoms with Crippen LogP contribution >= 0.6 is 0 Å². The van der Waals surface area contributed by atoms with E-state index in [1.165, 1.54) is 20.8 Å². The molecule has 9 aliphatic rings. The molecular weight excluding hydrogens is 905 g/mol. The number of aliphatic hydroxyl groups is 8. The van der Waals surface area contributed by atoms with Crippen LogP contribution in [-0.2, 0) is 52.2 Å². The number of fused-ring (bicyclic) bond motifs is 2. The van der Waals surface area contributed by atoms with Crippen molar-refractivity contribution in [1.29, 1.82) is 0 Å². The maximum absolute atomic E-state index is 12.7. The number of carbonyl (C=O) groups is 2. The van der Waals surface area contributed by atoms with Crippen LogP contribution in [0.15, 0.2) is 0 Å². The molecule has 0 aromatic carbocycles. The van der Waals surface area contributed by atoms with Crippen molar-refractivity contribution in [3.05, 3.63) is 0 Å². The predicted octanol–water partition coefficient (Wildman–Crippen LogP) is 1.36. The van der Waals surface area contributed by atoms with Gasteiger partial charge in [0.1, 0.15) is 36.6 Å². The quantitative estimate of drug-likeness (QED) is 0.113. The molecule has 1 unspecified atom stereocenters. The fraction of sp³-hybridized carbons (Fsp3) is 0.960. The Labute approximate surface area is 404 Å². The van der Waals surface area contributed by atoms with Gasteiger partial charge in [0.2, 0.25) is 0 Å². The second kappa shape index (κ2) is 17.7. The third-order valence-electron chi connectivity index (χ3n) is 19.9. The monoisotopic (exact) mass is 985 g/mol. The van der Waals surface area contributed by atoms with Gasteiger partial charge in [0.25, 0.3) is 0 Å². The Morgan fingerprint density at radius 3 is 1.96 bits per heavy atom. The summed E-state index contributed by atoms with van der Waals surface area (Å²) in [4.78, 5) is 25.0. The van der Waals surface area contributed by atoms with Gasteiger partial charge in [-0.1, -0.05) is 27.7 Å². The predicted molar refractivity (Wildman–Crippen MR) is 238 cm³/mol. The zero-order chi connectivity index (χ0) is 50.3. The van der Waals surface area contributed by atoms with Gasteiger partial charge in [0.15, 0.2) is 37.2 Å². The normalized spacial score (nSPS) is 54.6. The molecule has 0 bridgehead atoms. The molecule has 19 nitrogen and oxygen atoms in total. The summed E-state index contributed by atoms with van der Waals surface area (Å²) in [6.07, 6.45) is -13.9. The van der Waals surface area contributed by atoms with E-state index in [1.807, 2.05) is 0 Å². The molecule has 4 aliphatic heterocycles. The van der Waals surface area contributed by atoms with Crippen molar-refractivity contribution in [3.8, 4) is 0 Å². The van der Waals surface area contributed by atoms with Crippen molar-refractivity contribution in [2.24, 2.45) is 44.8 Å². The molecule has 2 spiro atoms. The molecule has 0 radical (unpaired) electrons. The molecule has 25 atom stereocenters. The summed E-state index contributed by atoms with van der Waals surface area (Å²) < 4.78 is 56.7. The Morgan fingerprint density at radius 2 is 1.30 bits per heavy atom. The molecule has 0 aromatic heterocycles. The van der Waals surface area contributed by atoms with Crippen LogP contribution in [0.2, 0.25) is 0 Å². The highest BCUT2D eigenvalue weighted by molar-refractivity contribution is 5.67. The summed E-state index contributed by atoms with van der Waals surface area (Å²) >= 11 is 0. The van der Waals surface area contributed by atoms with Gasteiger partial charge >= 0.3 is 11.9 Å². The highest BCUT2D eigenvalue weighted by atomic mass is 16.8. The average molecular weight is 985 g/mol. The summed E-state index contributed by atoms with van der Waals surface area (Å²) in [6.45, 7) is 17.9. The fourth-order valence-electron chi connectivity index (χ4n) is 16.6. The minimum absolute atomic E-state index is 0.0598. The molecule has 394 valence electrons. The summed E-state index contributed by atoms with van der Waals surface area (Å²) in [5.41, 5.74) is -3.62. The molecule has 4 saturated heterocycles. The smallest absolute Gasteiger partial charge is 0.303 e. The first kappa shape index (κ1) is 52.2. The average Bonchev–Trinajstić information content (AvgIpc) is 3.62. The lowest BCUT2D eigenvalue weighted by Crippen LogP contribution is -2.65. The SMILES string of the molecule is CC(=O)O[C@@H]1[C@@H](O[C@@H]2O[C@@H](C)[C@H](O)[C@@H](O)[C@H]2O)[C@H](O[C@H]2CC[C@]34C[C@]35CC[C@]3(C)[C@@H]([C@@]6(C)CC[C@@H](C(C)(C)O)O6)[C@@H](O)C[C@@]3(C)[C@@H]5C[C@H](O[C@@H]3OC[C@@H](O)[C@H](O)[C@H]3O)C4C2(C)C)OC[C@H]1OC(C)=O. The molecular formula is C50H80O19. The van der Waals surface area contributed by atoms with Crippen LogP contribution in [0.25, 0.3) is 0 Å². The number of esters is 2. The summed E-state index contributed by atoms with van der Waals surface area (Å²) in [5.74, 6) is -1.77. The maximum Gasteiger partial charge on any atom is 0.303 e. The van der Waals surface area contributed by atoms with Crippen molar-refractivity contribution in [3.63, 3.8) is 0 Å². The van der Waals surface area contributed by atoms with Crippen LogP contribution in [0.3, 0.4) is 0 Å². The fourth-order valence-corrected chi connectivity index (χ4v) is 16.6. The zero-order valence-electron chi connectivity index (χ0n) is 41.9. The van der Waals surface area contributed by atoms with Gasteiger partial charge < -0.3 is 83.5 Å². The van der Waals surface area contributed by atoms with E-state index in [0.717, 1.165) is 19.3 Å². The van der Waals surface area contributed by atoms with E-state index in [4.69, 9.17) is 42.6 Å². The first-order valence-corrected chi connectivity index (χ1v) is 25.4. The highest BCUT2D eigenvalue weighted by Gasteiger charge is 2.85. The molecule has 5 aliphatic carbocycles. The van der Waals surface area contributed by atoms with Crippen molar-refractivity contribution >= 4 is 11.9 Å². The van der Waals surface area contributed by atoms with Crippen molar-refractivity contribution in [2.75, 3.05) is 13.2 Å². The van der Waals surface area contributed by atoms with Gasteiger partial charge in [-0.3, -0.25) is 9.59 Å². The Kier molecular flexibility index (Phi) is 13.4. The van der Waals surface area contributed by atoms with E-state index in [0.29, 0.717) is 38.5 Å². The third kappa shape index (κ3) is 8.17. The summed E-state index contributed by atoms with van der Waals surface area (Å²) in [5, 5.41) is 88.4. The van der Waals surface area contributed by atoms with Gasteiger partial charge in [0.05, 0.1) is 54.9 Å². The molecule has 9 fully saturated rings. The Bertz CT molecular complexity index is 1930. The standard InChI is InChI=1S/C50H80O19/c1-22-32(55)34(57)36(59)42(63-22)68-38-37(65-24(3)52)28(64-23(2)51)20-62-43(38)67-30-12-14-50-21-49(50)16-15-46(8)39(48(10)13-11-31(69-48)45(6,7)60)25(53)18-47(46,9)29(49)17-27(40(50)44(30,4)5)66-41-35(58)33(56)26(54)19-61-41/h22,25-43,53-60H,11-21H2,1-10H3/t22-,25-,26+,27-,28+,29-,30-,31-,32-,33-,34+,35+,36+,37-,38+,39-,40?,41-,42-,43-,46+,47-,48+,49-,50+/m0/s1. The van der Waals surface area contributed by atoms with Crippen LogP contribution in [0.4, 0.5) is 0 Å². The number of hydrogen-bond acceptors (Lipinski definition) is 19. The number of carbonyl (C=O) groups excluding carboxylic acids is 2. The molecule has 0 amide bonds. The topological polar surface area (TPSA) is 279 Å². The second-order valence-corrected chi connectivity index (χ2v) is 24.6. The van der Waals surface area contributed by atoms with E-state index in [-0.39, 0.29) is 58.7 Å². The summed E-state index contributed by atoms with van der Waals surface area (Å²) in [7, 11) is 0. The molecule has 9 rings (SSSR count). The third-order valence-corrected chi connectivity index (χ3v) is 19.9. The van der Waals surface area contributed by atoms with E-state index < -0.39 is 127 Å². The first-order valence-electron chi connectivity index (χ1n) is 25.4. The van der Waals surface area contributed by atoms with E-state index in [2.05, 4.69) is 34.6 Å².